The molecule has 0 bridgehead atoms. The average molecular weight is 323 g/mol. The minimum Gasteiger partial charge on any atom is -0.504 e. The summed E-state index contributed by atoms with van der Waals surface area (Å²) in [5.74, 6) is -1.22. The van der Waals surface area contributed by atoms with Crippen molar-refractivity contribution in [2.75, 3.05) is 0 Å². The SMILES string of the molecule is Cn1cc(CNC(=O)c2cccc(O)c2O)c(-c2ccccc2)n1. The van der Waals surface area contributed by atoms with Gasteiger partial charge in [-0.05, 0) is 12.1 Å². The molecule has 1 aromatic heterocycles. The van der Waals surface area contributed by atoms with Crippen molar-refractivity contribution in [2.24, 2.45) is 7.05 Å². The Balaban J connectivity index is 1.80. The number of benzene rings is 2. The third-order valence-corrected chi connectivity index (χ3v) is 3.65. The van der Waals surface area contributed by atoms with Crippen LogP contribution in [-0.4, -0.2) is 25.9 Å². The number of nitrogens with one attached hydrogen (secondary N) is 1. The smallest absolute Gasteiger partial charge is 0.255 e. The predicted molar refractivity (Wildman–Crippen MR) is 89.6 cm³/mol. The molecule has 0 saturated carbocycles. The molecule has 1 amide bonds. The second kappa shape index (κ2) is 6.45. The van der Waals surface area contributed by atoms with E-state index in [2.05, 4.69) is 10.4 Å². The lowest BCUT2D eigenvalue weighted by Crippen LogP contribution is -2.23. The lowest BCUT2D eigenvalue weighted by Gasteiger charge is -2.08. The monoisotopic (exact) mass is 323 g/mol. The van der Waals surface area contributed by atoms with Gasteiger partial charge in [0, 0.05) is 30.9 Å². The van der Waals surface area contributed by atoms with Crippen LogP contribution in [-0.2, 0) is 13.6 Å². The standard InChI is InChI=1S/C18H17N3O3/c1-21-11-13(16(20-21)12-6-3-2-4-7-12)10-19-18(24)14-8-5-9-15(22)17(14)23/h2-9,11,22-23H,10H2,1H3,(H,19,24). The molecule has 0 radical (unpaired) electrons. The second-order valence-electron chi connectivity index (χ2n) is 5.40. The summed E-state index contributed by atoms with van der Waals surface area (Å²) in [5.41, 5.74) is 2.64. The molecule has 0 unspecified atom stereocenters. The first-order valence-corrected chi connectivity index (χ1v) is 7.43. The van der Waals surface area contributed by atoms with Crippen LogP contribution in [0.4, 0.5) is 0 Å². The van der Waals surface area contributed by atoms with Crippen LogP contribution in [0.5, 0.6) is 11.5 Å². The van der Waals surface area contributed by atoms with E-state index in [9.17, 15) is 15.0 Å². The van der Waals surface area contributed by atoms with Gasteiger partial charge in [0.15, 0.2) is 11.5 Å². The van der Waals surface area contributed by atoms with Crippen molar-refractivity contribution in [3.05, 3.63) is 65.9 Å². The molecule has 122 valence electrons. The number of nitrogens with zero attached hydrogens (tertiary/aromatic N) is 2. The number of aromatic nitrogens is 2. The maximum Gasteiger partial charge on any atom is 0.255 e. The van der Waals surface area contributed by atoms with E-state index in [1.54, 1.807) is 4.68 Å². The van der Waals surface area contributed by atoms with Crippen LogP contribution < -0.4 is 5.32 Å². The molecule has 3 rings (SSSR count). The fraction of sp³-hybridized carbons (Fsp3) is 0.111. The number of hydrogen-bond donors (Lipinski definition) is 3. The van der Waals surface area contributed by atoms with Crippen molar-refractivity contribution in [2.45, 2.75) is 6.54 Å². The molecule has 0 fully saturated rings. The topological polar surface area (TPSA) is 87.4 Å². The van der Waals surface area contributed by atoms with E-state index in [1.807, 2.05) is 43.6 Å². The van der Waals surface area contributed by atoms with Crippen molar-refractivity contribution in [3.8, 4) is 22.8 Å². The highest BCUT2D eigenvalue weighted by Crippen LogP contribution is 2.28. The summed E-state index contributed by atoms with van der Waals surface area (Å²) in [6.07, 6.45) is 1.84. The predicted octanol–water partition coefficient (Wildman–Crippen LogP) is 2.43. The fourth-order valence-electron chi connectivity index (χ4n) is 2.49. The van der Waals surface area contributed by atoms with Gasteiger partial charge in [-0.25, -0.2) is 0 Å². The number of phenolic OH excluding ortho intramolecular Hbond substituents is 2. The maximum absolute atomic E-state index is 12.2. The summed E-state index contributed by atoms with van der Waals surface area (Å²) in [7, 11) is 1.82. The molecule has 0 atom stereocenters. The minimum atomic E-state index is -0.466. The molecule has 2 aromatic carbocycles. The van der Waals surface area contributed by atoms with Gasteiger partial charge in [0.2, 0.25) is 0 Å². The molecule has 0 aliphatic heterocycles. The van der Waals surface area contributed by atoms with Gasteiger partial charge >= 0.3 is 0 Å². The molecular weight excluding hydrogens is 306 g/mol. The molecule has 0 saturated heterocycles. The first kappa shape index (κ1) is 15.6. The van der Waals surface area contributed by atoms with Crippen LogP contribution in [0.3, 0.4) is 0 Å². The third-order valence-electron chi connectivity index (χ3n) is 3.65. The molecule has 0 aliphatic carbocycles. The van der Waals surface area contributed by atoms with Gasteiger partial charge in [0.25, 0.3) is 5.91 Å². The number of carbonyl (C=O) groups excluding carboxylic acids is 1. The lowest BCUT2D eigenvalue weighted by atomic mass is 10.1. The summed E-state index contributed by atoms with van der Waals surface area (Å²) in [5, 5.41) is 26.4. The van der Waals surface area contributed by atoms with Gasteiger partial charge < -0.3 is 15.5 Å². The third kappa shape index (κ3) is 3.08. The van der Waals surface area contributed by atoms with Crippen molar-refractivity contribution in [3.63, 3.8) is 0 Å². The molecular formula is C18H17N3O3. The van der Waals surface area contributed by atoms with Crippen molar-refractivity contribution in [1.82, 2.24) is 15.1 Å². The number of aromatic hydroxyl groups is 2. The van der Waals surface area contributed by atoms with E-state index < -0.39 is 11.7 Å². The number of amides is 1. The normalized spacial score (nSPS) is 10.5. The molecule has 0 aliphatic rings. The van der Waals surface area contributed by atoms with Crippen LogP contribution in [0.25, 0.3) is 11.3 Å². The van der Waals surface area contributed by atoms with Crippen LogP contribution in [0.1, 0.15) is 15.9 Å². The number of phenols is 2. The van der Waals surface area contributed by atoms with E-state index in [-0.39, 0.29) is 17.9 Å². The van der Waals surface area contributed by atoms with E-state index in [0.717, 1.165) is 16.8 Å². The van der Waals surface area contributed by atoms with Crippen molar-refractivity contribution in [1.29, 1.82) is 0 Å². The van der Waals surface area contributed by atoms with Gasteiger partial charge in [-0.1, -0.05) is 36.4 Å². The Morgan fingerprint density at radius 3 is 2.62 bits per heavy atom. The summed E-state index contributed by atoms with van der Waals surface area (Å²) < 4.78 is 1.69. The highest BCUT2D eigenvalue weighted by Gasteiger charge is 2.15. The van der Waals surface area contributed by atoms with Crippen LogP contribution in [0.2, 0.25) is 0 Å². The first-order chi connectivity index (χ1) is 11.6. The summed E-state index contributed by atoms with van der Waals surface area (Å²) in [6, 6.07) is 14.0. The Kier molecular flexibility index (Phi) is 4.20. The average Bonchev–Trinajstić information content (AvgIpc) is 2.97. The quantitative estimate of drug-likeness (QED) is 0.644. The highest BCUT2D eigenvalue weighted by molar-refractivity contribution is 5.97. The van der Waals surface area contributed by atoms with Gasteiger partial charge in [-0.3, -0.25) is 9.48 Å². The fourth-order valence-corrected chi connectivity index (χ4v) is 2.49. The first-order valence-electron chi connectivity index (χ1n) is 7.43. The van der Waals surface area contributed by atoms with Gasteiger partial charge in [0.1, 0.15) is 0 Å². The zero-order valence-electron chi connectivity index (χ0n) is 13.1. The number of aryl methyl sites for hydroxylation is 1. The summed E-state index contributed by atoms with van der Waals surface area (Å²) in [6.45, 7) is 0.256. The highest BCUT2D eigenvalue weighted by atomic mass is 16.3. The van der Waals surface area contributed by atoms with Gasteiger partial charge in [-0.15, -0.1) is 0 Å². The number of rotatable bonds is 4. The van der Waals surface area contributed by atoms with E-state index >= 15 is 0 Å². The zero-order valence-corrected chi connectivity index (χ0v) is 13.1. The lowest BCUT2D eigenvalue weighted by molar-refractivity contribution is 0.0947. The van der Waals surface area contributed by atoms with E-state index in [1.165, 1.54) is 18.2 Å². The summed E-state index contributed by atoms with van der Waals surface area (Å²) >= 11 is 0. The zero-order chi connectivity index (χ0) is 17.1. The van der Waals surface area contributed by atoms with Crippen LogP contribution >= 0.6 is 0 Å². The minimum absolute atomic E-state index is 0.0279. The van der Waals surface area contributed by atoms with Crippen molar-refractivity contribution >= 4 is 5.91 Å². The van der Waals surface area contributed by atoms with Gasteiger partial charge in [0.05, 0.1) is 11.3 Å². The number of hydrogen-bond acceptors (Lipinski definition) is 4. The maximum atomic E-state index is 12.2. The van der Waals surface area contributed by atoms with Crippen LogP contribution in [0, 0.1) is 0 Å². The van der Waals surface area contributed by atoms with Gasteiger partial charge in [-0.2, -0.15) is 5.10 Å². The second-order valence-corrected chi connectivity index (χ2v) is 5.40. The Morgan fingerprint density at radius 1 is 1.12 bits per heavy atom. The Morgan fingerprint density at radius 2 is 1.88 bits per heavy atom. The molecule has 0 spiro atoms. The van der Waals surface area contributed by atoms with Crippen LogP contribution in [0.15, 0.2) is 54.7 Å². The largest absolute Gasteiger partial charge is 0.504 e. The molecule has 6 heteroatoms. The molecule has 1 heterocycles. The number of para-hydroxylation sites is 1. The molecule has 24 heavy (non-hydrogen) atoms. The Bertz CT molecular complexity index is 872. The molecule has 6 nitrogen and oxygen atoms in total. The molecule has 3 N–H and O–H groups in total. The van der Waals surface area contributed by atoms with E-state index in [4.69, 9.17) is 0 Å². The van der Waals surface area contributed by atoms with E-state index in [0.29, 0.717) is 0 Å². The Labute approximate surface area is 139 Å². The Hall–Kier alpha value is -3.28. The molecule has 3 aromatic rings. The van der Waals surface area contributed by atoms with Crippen molar-refractivity contribution < 1.29 is 15.0 Å². The summed E-state index contributed by atoms with van der Waals surface area (Å²) in [4.78, 5) is 12.2. The number of carbonyl (C=O) groups is 1.